The number of likely N-dealkylation sites (tertiary alicyclic amines) is 2. The lowest BCUT2D eigenvalue weighted by molar-refractivity contribution is -0.127. The summed E-state index contributed by atoms with van der Waals surface area (Å²) in [4.78, 5) is 17.9. The first-order valence-corrected chi connectivity index (χ1v) is 11.3. The van der Waals surface area contributed by atoms with Crippen LogP contribution in [0, 0.1) is 5.92 Å². The normalized spacial score (nSPS) is 24.1. The highest BCUT2D eigenvalue weighted by atomic mass is 16.1. The molecule has 30 heavy (non-hydrogen) atoms. The van der Waals surface area contributed by atoms with Crippen molar-refractivity contribution in [3.8, 4) is 0 Å². The van der Waals surface area contributed by atoms with Crippen LogP contribution in [0.4, 0.5) is 0 Å². The minimum atomic E-state index is 0.0630. The first-order valence-electron chi connectivity index (χ1n) is 11.3. The van der Waals surface area contributed by atoms with Crippen molar-refractivity contribution in [2.75, 3.05) is 26.2 Å². The van der Waals surface area contributed by atoms with E-state index in [1.165, 1.54) is 49.9 Å². The van der Waals surface area contributed by atoms with E-state index in [-0.39, 0.29) is 11.8 Å². The number of fused-ring (bicyclic) bond motifs is 1. The molecular formula is C22H31N7O. The van der Waals surface area contributed by atoms with Crippen LogP contribution in [0.2, 0.25) is 0 Å². The molecule has 8 heteroatoms. The number of nitrogens with zero attached hydrogens (tertiary/aromatic N) is 5. The third-order valence-corrected chi connectivity index (χ3v) is 7.19. The maximum Gasteiger partial charge on any atom is 0.224 e. The number of rotatable bonds is 5. The Labute approximate surface area is 177 Å². The van der Waals surface area contributed by atoms with Crippen molar-refractivity contribution in [1.82, 2.24) is 35.7 Å². The van der Waals surface area contributed by atoms with Gasteiger partial charge in [0.1, 0.15) is 0 Å². The van der Waals surface area contributed by atoms with Crippen molar-refractivity contribution < 1.29 is 4.79 Å². The van der Waals surface area contributed by atoms with Gasteiger partial charge in [-0.1, -0.05) is 29.5 Å². The van der Waals surface area contributed by atoms with E-state index in [0.717, 1.165) is 25.9 Å². The summed E-state index contributed by atoms with van der Waals surface area (Å²) in [5.41, 5.74) is 3.07. The van der Waals surface area contributed by atoms with Crippen LogP contribution in [0.25, 0.3) is 0 Å². The monoisotopic (exact) mass is 409 g/mol. The van der Waals surface area contributed by atoms with Crippen LogP contribution in [0.1, 0.15) is 42.6 Å². The number of benzene rings is 1. The highest BCUT2D eigenvalue weighted by molar-refractivity contribution is 5.78. The quantitative estimate of drug-likeness (QED) is 0.770. The number of piperidine rings is 2. The lowest BCUT2D eigenvalue weighted by Crippen LogP contribution is -2.52. The topological polar surface area (TPSA) is 90.0 Å². The molecule has 5 rings (SSSR count). The predicted octanol–water partition coefficient (Wildman–Crippen LogP) is 1.16. The van der Waals surface area contributed by atoms with Gasteiger partial charge in [0, 0.05) is 18.6 Å². The molecule has 1 aromatic heterocycles. The van der Waals surface area contributed by atoms with Crippen molar-refractivity contribution in [2.45, 2.75) is 57.2 Å². The van der Waals surface area contributed by atoms with E-state index in [0.29, 0.717) is 24.5 Å². The van der Waals surface area contributed by atoms with Crippen molar-refractivity contribution in [3.05, 3.63) is 41.2 Å². The molecule has 3 heterocycles. The van der Waals surface area contributed by atoms with E-state index >= 15 is 0 Å². The number of aromatic nitrogens is 4. The predicted molar refractivity (Wildman–Crippen MR) is 113 cm³/mol. The van der Waals surface area contributed by atoms with E-state index in [9.17, 15) is 4.79 Å². The fourth-order valence-electron chi connectivity index (χ4n) is 5.53. The van der Waals surface area contributed by atoms with E-state index in [1.54, 1.807) is 0 Å². The molecule has 0 saturated carbocycles. The number of aromatic amines is 1. The second-order valence-electron chi connectivity index (χ2n) is 8.98. The van der Waals surface area contributed by atoms with Crippen LogP contribution >= 0.6 is 0 Å². The number of carbonyl (C=O) groups excluding carboxylic acids is 1. The van der Waals surface area contributed by atoms with Crippen LogP contribution in [0.5, 0.6) is 0 Å². The third-order valence-electron chi connectivity index (χ3n) is 7.19. The molecule has 2 aliphatic heterocycles. The molecule has 1 amide bonds. The van der Waals surface area contributed by atoms with E-state index in [4.69, 9.17) is 0 Å². The van der Waals surface area contributed by atoms with Gasteiger partial charge in [-0.3, -0.25) is 14.6 Å². The second-order valence-corrected chi connectivity index (χ2v) is 8.98. The number of tetrazole rings is 1. The first kappa shape index (κ1) is 19.6. The smallest absolute Gasteiger partial charge is 0.224 e. The molecule has 160 valence electrons. The van der Waals surface area contributed by atoms with Gasteiger partial charge < -0.3 is 5.32 Å². The van der Waals surface area contributed by atoms with Crippen LogP contribution in [-0.2, 0) is 24.2 Å². The SMILES string of the molecule is O=C(NCc1nn[nH]n1)C1CCCN(C2CCN(C3Cc4ccccc4C3)CC2)C1. The number of H-pyrrole nitrogens is 1. The maximum absolute atomic E-state index is 12.6. The van der Waals surface area contributed by atoms with Crippen LogP contribution in [0.15, 0.2) is 24.3 Å². The minimum absolute atomic E-state index is 0.0630. The maximum atomic E-state index is 12.6. The Balaban J connectivity index is 1.10. The molecule has 2 aromatic rings. The summed E-state index contributed by atoms with van der Waals surface area (Å²) in [7, 11) is 0. The number of carbonyl (C=O) groups is 1. The lowest BCUT2D eigenvalue weighted by Gasteiger charge is -2.43. The van der Waals surface area contributed by atoms with Crippen LogP contribution in [-0.4, -0.2) is 74.6 Å². The average Bonchev–Trinajstić information content (AvgIpc) is 3.47. The zero-order valence-electron chi connectivity index (χ0n) is 17.5. The molecule has 0 radical (unpaired) electrons. The molecule has 1 aromatic carbocycles. The van der Waals surface area contributed by atoms with Gasteiger partial charge in [0.15, 0.2) is 5.82 Å². The zero-order chi connectivity index (χ0) is 20.3. The molecule has 0 spiro atoms. The summed E-state index contributed by atoms with van der Waals surface area (Å²) in [5.74, 6) is 0.705. The van der Waals surface area contributed by atoms with E-state index in [2.05, 4.69) is 60.0 Å². The highest BCUT2D eigenvalue weighted by Gasteiger charge is 2.34. The summed E-state index contributed by atoms with van der Waals surface area (Å²) in [6, 6.07) is 10.2. The number of hydrogen-bond acceptors (Lipinski definition) is 6. The largest absolute Gasteiger partial charge is 0.348 e. The lowest BCUT2D eigenvalue weighted by atomic mass is 9.92. The summed E-state index contributed by atoms with van der Waals surface area (Å²) in [6.45, 7) is 4.68. The van der Waals surface area contributed by atoms with Gasteiger partial charge in [-0.25, -0.2) is 0 Å². The Morgan fingerprint density at radius 1 is 1.03 bits per heavy atom. The minimum Gasteiger partial charge on any atom is -0.348 e. The van der Waals surface area contributed by atoms with Crippen LogP contribution in [0.3, 0.4) is 0 Å². The highest BCUT2D eigenvalue weighted by Crippen LogP contribution is 2.29. The van der Waals surface area contributed by atoms with Gasteiger partial charge >= 0.3 is 0 Å². The van der Waals surface area contributed by atoms with Gasteiger partial charge in [0.25, 0.3) is 0 Å². The van der Waals surface area contributed by atoms with Gasteiger partial charge in [-0.05, 0) is 69.3 Å². The van der Waals surface area contributed by atoms with Gasteiger partial charge in [0.2, 0.25) is 5.91 Å². The molecule has 2 N–H and O–H groups in total. The molecule has 3 aliphatic rings. The van der Waals surface area contributed by atoms with E-state index < -0.39 is 0 Å². The molecule has 1 aliphatic carbocycles. The van der Waals surface area contributed by atoms with Crippen LogP contribution < -0.4 is 5.32 Å². The summed E-state index contributed by atoms with van der Waals surface area (Å²) in [6.07, 6.45) is 6.89. The van der Waals surface area contributed by atoms with Crippen molar-refractivity contribution >= 4 is 5.91 Å². The molecule has 1 unspecified atom stereocenters. The number of hydrogen-bond donors (Lipinski definition) is 2. The Morgan fingerprint density at radius 3 is 2.50 bits per heavy atom. The fraction of sp³-hybridized carbons (Fsp3) is 0.636. The summed E-state index contributed by atoms with van der Waals surface area (Å²) in [5, 5.41) is 16.7. The molecule has 0 bridgehead atoms. The molecular weight excluding hydrogens is 378 g/mol. The second kappa shape index (κ2) is 8.81. The van der Waals surface area contributed by atoms with Crippen molar-refractivity contribution in [1.29, 1.82) is 0 Å². The Bertz CT molecular complexity index is 822. The standard InChI is InChI=1S/C22H31N7O/c30-22(23-14-21-24-26-27-25-21)18-6-3-9-29(15-18)19-7-10-28(11-8-19)20-12-16-4-1-2-5-17(16)13-20/h1-2,4-5,18-20H,3,6-15H2,(H,23,30)(H,24,25,26,27). The fourth-order valence-corrected chi connectivity index (χ4v) is 5.53. The first-order chi connectivity index (χ1) is 14.8. The molecule has 8 nitrogen and oxygen atoms in total. The average molecular weight is 410 g/mol. The summed E-state index contributed by atoms with van der Waals surface area (Å²) < 4.78 is 0. The van der Waals surface area contributed by atoms with Gasteiger partial charge in [0.05, 0.1) is 12.5 Å². The van der Waals surface area contributed by atoms with E-state index in [1.807, 2.05) is 0 Å². The third kappa shape index (κ3) is 4.25. The Hall–Kier alpha value is -2.32. The van der Waals surface area contributed by atoms with Gasteiger partial charge in [-0.2, -0.15) is 5.21 Å². The van der Waals surface area contributed by atoms with Crippen molar-refractivity contribution in [3.63, 3.8) is 0 Å². The number of amides is 1. The number of nitrogens with one attached hydrogen (secondary N) is 2. The van der Waals surface area contributed by atoms with Gasteiger partial charge in [-0.15, -0.1) is 10.2 Å². The molecule has 2 fully saturated rings. The van der Waals surface area contributed by atoms with Crippen molar-refractivity contribution in [2.24, 2.45) is 5.92 Å². The summed E-state index contributed by atoms with van der Waals surface area (Å²) >= 11 is 0. The molecule has 1 atom stereocenters. The zero-order valence-corrected chi connectivity index (χ0v) is 17.5. The Morgan fingerprint density at radius 2 is 1.80 bits per heavy atom. The Kier molecular flexibility index (Phi) is 5.77. The molecule has 2 saturated heterocycles.